The van der Waals surface area contributed by atoms with Gasteiger partial charge in [-0.15, -0.1) is 5.10 Å². The van der Waals surface area contributed by atoms with Crippen LogP contribution in [0.4, 0.5) is 23.5 Å². The summed E-state index contributed by atoms with van der Waals surface area (Å²) in [4.78, 5) is 16.7. The van der Waals surface area contributed by atoms with E-state index in [2.05, 4.69) is 15.4 Å². The molecule has 3 aromatic rings. The van der Waals surface area contributed by atoms with Crippen LogP contribution < -0.4 is 5.32 Å². The molecule has 3 heterocycles. The largest absolute Gasteiger partial charge is 0.469 e. The number of rotatable bonds is 2. The number of hydrogen-bond donors (Lipinski definition) is 1. The summed E-state index contributed by atoms with van der Waals surface area (Å²) in [6, 6.07) is 7.78. The summed E-state index contributed by atoms with van der Waals surface area (Å²) >= 11 is 0. The molecule has 30 heavy (non-hydrogen) atoms. The molecule has 0 saturated heterocycles. The fraction of sp³-hybridized carbons (Fsp3) is 0.250. The van der Waals surface area contributed by atoms with E-state index in [0.717, 1.165) is 4.68 Å². The Hall–Kier alpha value is -3.43. The molecule has 0 radical (unpaired) electrons. The normalized spacial score (nSPS) is 21.3. The van der Waals surface area contributed by atoms with E-state index in [1.165, 1.54) is 30.5 Å². The lowest BCUT2D eigenvalue weighted by Gasteiger charge is -2.34. The fourth-order valence-corrected chi connectivity index (χ4v) is 4.01. The second kappa shape index (κ2) is 6.54. The molecule has 1 N–H and O–H groups in total. The van der Waals surface area contributed by atoms with Gasteiger partial charge >= 0.3 is 6.18 Å². The number of nitrogens with one attached hydrogen (secondary N) is 1. The SMILES string of the molecule is O=C1C[C@@H](c2ccco2)CC2=C1[C@H](c1ccc(F)cc1)n1nc(C(F)(F)F)nc1N2. The molecule has 5 rings (SSSR count). The molecule has 2 aromatic heterocycles. The van der Waals surface area contributed by atoms with Crippen molar-refractivity contribution in [3.63, 3.8) is 0 Å². The summed E-state index contributed by atoms with van der Waals surface area (Å²) in [6.45, 7) is 0. The van der Waals surface area contributed by atoms with Crippen LogP contribution in [0.3, 0.4) is 0 Å². The highest BCUT2D eigenvalue weighted by Crippen LogP contribution is 2.44. The van der Waals surface area contributed by atoms with Gasteiger partial charge in [0.05, 0.1) is 6.26 Å². The van der Waals surface area contributed by atoms with Gasteiger partial charge in [-0.05, 0) is 36.2 Å². The highest BCUT2D eigenvalue weighted by molar-refractivity contribution is 6.00. The van der Waals surface area contributed by atoms with Crippen molar-refractivity contribution >= 4 is 11.7 Å². The Morgan fingerprint density at radius 3 is 2.57 bits per heavy atom. The van der Waals surface area contributed by atoms with Crippen LogP contribution in [0.1, 0.15) is 41.9 Å². The number of allylic oxidation sites excluding steroid dienone is 2. The fourth-order valence-electron chi connectivity index (χ4n) is 4.01. The summed E-state index contributed by atoms with van der Waals surface area (Å²) < 4.78 is 59.6. The Labute approximate surface area is 167 Å². The molecule has 0 fully saturated rings. The number of anilines is 1. The third-order valence-corrected chi connectivity index (χ3v) is 5.30. The van der Waals surface area contributed by atoms with Crippen LogP contribution >= 0.6 is 0 Å². The van der Waals surface area contributed by atoms with Gasteiger partial charge in [0.25, 0.3) is 5.82 Å². The van der Waals surface area contributed by atoms with Gasteiger partial charge in [-0.25, -0.2) is 9.07 Å². The molecule has 0 amide bonds. The molecule has 2 atom stereocenters. The zero-order valence-electron chi connectivity index (χ0n) is 15.3. The topological polar surface area (TPSA) is 73.0 Å². The highest BCUT2D eigenvalue weighted by atomic mass is 19.4. The molecule has 1 aliphatic carbocycles. The van der Waals surface area contributed by atoms with E-state index in [0.29, 0.717) is 29.0 Å². The first-order chi connectivity index (χ1) is 14.3. The standard InChI is InChI=1S/C20H14F4N4O2/c21-12-5-3-10(4-6-12)17-16-13(8-11(9-14(16)29)15-2-1-7-30-15)25-19-26-18(20(22,23)24)27-28(17)19/h1-7,11,17H,8-9H2,(H,25,26,27)/t11-,17-/m0/s1. The number of fused-ring (bicyclic) bond motifs is 1. The van der Waals surface area contributed by atoms with Gasteiger partial charge < -0.3 is 9.73 Å². The van der Waals surface area contributed by atoms with E-state index in [-0.39, 0.29) is 24.1 Å². The first kappa shape index (κ1) is 18.6. The van der Waals surface area contributed by atoms with Crippen LogP contribution in [0.15, 0.2) is 58.3 Å². The Morgan fingerprint density at radius 2 is 1.90 bits per heavy atom. The van der Waals surface area contributed by atoms with Crippen LogP contribution in [-0.2, 0) is 11.0 Å². The second-order valence-electron chi connectivity index (χ2n) is 7.22. The molecule has 10 heteroatoms. The van der Waals surface area contributed by atoms with E-state index in [4.69, 9.17) is 4.42 Å². The molecular weight excluding hydrogens is 404 g/mol. The maximum atomic E-state index is 13.4. The number of carbonyl (C=O) groups excluding carboxylic acids is 1. The van der Waals surface area contributed by atoms with Gasteiger partial charge in [0.15, 0.2) is 5.78 Å². The van der Waals surface area contributed by atoms with Gasteiger partial charge in [0.2, 0.25) is 5.95 Å². The summed E-state index contributed by atoms with van der Waals surface area (Å²) in [6.07, 6.45) is -2.74. The van der Waals surface area contributed by atoms with E-state index < -0.39 is 23.9 Å². The van der Waals surface area contributed by atoms with Gasteiger partial charge in [0.1, 0.15) is 17.6 Å². The maximum absolute atomic E-state index is 13.4. The smallest absolute Gasteiger partial charge is 0.453 e. The lowest BCUT2D eigenvalue weighted by molar-refractivity contribution is -0.145. The van der Waals surface area contributed by atoms with Crippen molar-refractivity contribution in [2.45, 2.75) is 31.0 Å². The minimum atomic E-state index is -4.75. The molecule has 1 aliphatic heterocycles. The Balaban J connectivity index is 1.64. The van der Waals surface area contributed by atoms with Crippen molar-refractivity contribution in [3.8, 4) is 0 Å². The molecule has 2 aliphatic rings. The number of benzene rings is 1. The molecule has 0 saturated carbocycles. The molecule has 0 spiro atoms. The van der Waals surface area contributed by atoms with Crippen molar-refractivity contribution in [1.82, 2.24) is 14.8 Å². The van der Waals surface area contributed by atoms with Gasteiger partial charge in [-0.2, -0.15) is 18.2 Å². The molecule has 6 nitrogen and oxygen atoms in total. The minimum absolute atomic E-state index is 0.122. The first-order valence-electron chi connectivity index (χ1n) is 9.17. The zero-order valence-corrected chi connectivity index (χ0v) is 15.3. The van der Waals surface area contributed by atoms with E-state index in [9.17, 15) is 22.4 Å². The third kappa shape index (κ3) is 2.99. The number of carbonyl (C=O) groups is 1. The van der Waals surface area contributed by atoms with E-state index >= 15 is 0 Å². The maximum Gasteiger partial charge on any atom is 0.453 e. The van der Waals surface area contributed by atoms with Crippen molar-refractivity contribution in [2.24, 2.45) is 0 Å². The number of halogens is 4. The van der Waals surface area contributed by atoms with Crippen LogP contribution in [-0.4, -0.2) is 20.5 Å². The highest BCUT2D eigenvalue weighted by Gasteiger charge is 2.43. The van der Waals surface area contributed by atoms with Crippen LogP contribution in [0.2, 0.25) is 0 Å². The summed E-state index contributed by atoms with van der Waals surface area (Å²) in [5.41, 5.74) is 1.21. The Kier molecular flexibility index (Phi) is 4.05. The molecule has 0 unspecified atom stereocenters. The number of furan rings is 1. The lowest BCUT2D eigenvalue weighted by Crippen LogP contribution is -2.33. The second-order valence-corrected chi connectivity index (χ2v) is 7.22. The predicted molar refractivity (Wildman–Crippen MR) is 95.9 cm³/mol. The number of alkyl halides is 3. The average molecular weight is 418 g/mol. The van der Waals surface area contributed by atoms with Crippen molar-refractivity contribution in [2.75, 3.05) is 5.32 Å². The van der Waals surface area contributed by atoms with Crippen LogP contribution in [0.25, 0.3) is 0 Å². The molecule has 0 bridgehead atoms. The number of nitrogens with zero attached hydrogens (tertiary/aromatic N) is 3. The van der Waals surface area contributed by atoms with Crippen molar-refractivity contribution < 1.29 is 26.8 Å². The van der Waals surface area contributed by atoms with E-state index in [1.807, 2.05) is 0 Å². The molecular formula is C20H14F4N4O2. The van der Waals surface area contributed by atoms with Crippen molar-refractivity contribution in [1.29, 1.82) is 0 Å². The van der Waals surface area contributed by atoms with Crippen LogP contribution in [0.5, 0.6) is 0 Å². The Bertz CT molecular complexity index is 1150. The summed E-state index contributed by atoms with van der Waals surface area (Å²) in [5.74, 6) is -1.80. The van der Waals surface area contributed by atoms with Gasteiger partial charge in [-0.3, -0.25) is 4.79 Å². The summed E-state index contributed by atoms with van der Waals surface area (Å²) in [7, 11) is 0. The lowest BCUT2D eigenvalue weighted by atomic mass is 9.79. The Morgan fingerprint density at radius 1 is 1.13 bits per heavy atom. The number of hydrogen-bond acceptors (Lipinski definition) is 5. The number of Topliss-reactive ketones (excluding diaryl/α,β-unsaturated/α-hetero) is 1. The third-order valence-electron chi connectivity index (χ3n) is 5.30. The van der Waals surface area contributed by atoms with E-state index in [1.54, 1.807) is 12.1 Å². The van der Waals surface area contributed by atoms with Crippen molar-refractivity contribution in [3.05, 3.63) is 76.9 Å². The minimum Gasteiger partial charge on any atom is -0.469 e. The van der Waals surface area contributed by atoms with Gasteiger partial charge in [-0.1, -0.05) is 12.1 Å². The number of ketones is 1. The monoisotopic (exact) mass is 418 g/mol. The quantitative estimate of drug-likeness (QED) is 0.623. The number of aromatic nitrogens is 3. The zero-order chi connectivity index (χ0) is 21.0. The molecule has 154 valence electrons. The summed E-state index contributed by atoms with van der Waals surface area (Å²) in [5, 5.41) is 6.47. The predicted octanol–water partition coefficient (Wildman–Crippen LogP) is 4.44. The van der Waals surface area contributed by atoms with Crippen LogP contribution in [0, 0.1) is 5.82 Å². The first-order valence-corrected chi connectivity index (χ1v) is 9.17. The molecule has 1 aromatic carbocycles. The van der Waals surface area contributed by atoms with Gasteiger partial charge in [0, 0.05) is 23.6 Å². The average Bonchev–Trinajstić information content (AvgIpc) is 3.36.